The van der Waals surface area contributed by atoms with E-state index in [0.29, 0.717) is 11.4 Å². The molecule has 0 fully saturated rings. The zero-order valence-electron chi connectivity index (χ0n) is 13.4. The fourth-order valence-corrected chi connectivity index (χ4v) is 2.28. The van der Waals surface area contributed by atoms with Crippen molar-refractivity contribution in [3.8, 4) is 5.75 Å². The van der Waals surface area contributed by atoms with Crippen molar-refractivity contribution in [3.63, 3.8) is 0 Å². The number of nitrogens with one attached hydrogen (secondary N) is 2. The molecule has 0 aliphatic heterocycles. The molecule has 0 spiro atoms. The van der Waals surface area contributed by atoms with Crippen LogP contribution >= 0.6 is 12.2 Å². The third kappa shape index (κ3) is 4.42. The summed E-state index contributed by atoms with van der Waals surface area (Å²) in [6.07, 6.45) is 0. The summed E-state index contributed by atoms with van der Waals surface area (Å²) in [5.74, 6) is -0.784. The van der Waals surface area contributed by atoms with E-state index in [0.717, 1.165) is 5.56 Å². The van der Waals surface area contributed by atoms with E-state index < -0.39 is 10.9 Å². The molecule has 0 atom stereocenters. The molecular weight excluding hydrogens is 346 g/mol. The average Bonchev–Trinajstić information content (AvgIpc) is 2.56. The molecule has 8 nitrogen and oxygen atoms in total. The lowest BCUT2D eigenvalue weighted by Crippen LogP contribution is -2.20. The molecule has 2 aromatic carbocycles. The maximum atomic E-state index is 11.1. The zero-order chi connectivity index (χ0) is 18.6. The smallest absolute Gasteiger partial charge is 0.335 e. The van der Waals surface area contributed by atoms with Gasteiger partial charge in [-0.1, -0.05) is 6.07 Å². The molecule has 9 heteroatoms. The standard InChI is InChI=1S/C16H15N3O5S/c1-9-3-4-10(15(20)21)7-13(9)18-16(25)17-12-6-5-11(19(22)23)8-14(12)24-2/h3-8H,1-2H3,(H,20,21)(H2,17,18,25). The molecule has 2 rings (SSSR count). The lowest BCUT2D eigenvalue weighted by atomic mass is 10.1. The van der Waals surface area contributed by atoms with Crippen molar-refractivity contribution in [3.05, 3.63) is 57.6 Å². The number of ether oxygens (including phenoxy) is 1. The van der Waals surface area contributed by atoms with Gasteiger partial charge in [-0.2, -0.15) is 0 Å². The summed E-state index contributed by atoms with van der Waals surface area (Å²) in [5.41, 5.74) is 1.82. The number of nitro benzene ring substituents is 1. The molecule has 0 aromatic heterocycles. The fourth-order valence-electron chi connectivity index (χ4n) is 2.06. The lowest BCUT2D eigenvalue weighted by Gasteiger charge is -2.15. The number of benzene rings is 2. The molecule has 0 heterocycles. The Balaban J connectivity index is 2.19. The van der Waals surface area contributed by atoms with Gasteiger partial charge in [-0.15, -0.1) is 0 Å². The number of nitro groups is 1. The van der Waals surface area contributed by atoms with E-state index in [1.807, 2.05) is 6.92 Å². The molecule has 25 heavy (non-hydrogen) atoms. The van der Waals surface area contributed by atoms with E-state index in [-0.39, 0.29) is 22.1 Å². The van der Waals surface area contributed by atoms with Crippen LogP contribution in [0.15, 0.2) is 36.4 Å². The van der Waals surface area contributed by atoms with Crippen LogP contribution in [0.25, 0.3) is 0 Å². The highest BCUT2D eigenvalue weighted by molar-refractivity contribution is 7.80. The Bertz CT molecular complexity index is 854. The van der Waals surface area contributed by atoms with Crippen LogP contribution in [0.3, 0.4) is 0 Å². The Labute approximate surface area is 148 Å². The van der Waals surface area contributed by atoms with Crippen LogP contribution < -0.4 is 15.4 Å². The molecule has 0 amide bonds. The first kappa shape index (κ1) is 18.1. The van der Waals surface area contributed by atoms with Crippen molar-refractivity contribution >= 4 is 40.4 Å². The Morgan fingerprint density at radius 1 is 1.20 bits per heavy atom. The Morgan fingerprint density at radius 3 is 2.48 bits per heavy atom. The minimum Gasteiger partial charge on any atom is -0.494 e. The van der Waals surface area contributed by atoms with Crippen LogP contribution in [0.5, 0.6) is 5.75 Å². The molecule has 0 saturated heterocycles. The topological polar surface area (TPSA) is 114 Å². The molecule has 130 valence electrons. The number of non-ortho nitro benzene ring substituents is 1. The van der Waals surface area contributed by atoms with Gasteiger partial charge in [-0.05, 0) is 42.9 Å². The Kier molecular flexibility index (Phi) is 5.50. The van der Waals surface area contributed by atoms with Gasteiger partial charge in [0, 0.05) is 11.8 Å². The monoisotopic (exact) mass is 361 g/mol. The largest absolute Gasteiger partial charge is 0.494 e. The Morgan fingerprint density at radius 2 is 1.88 bits per heavy atom. The highest BCUT2D eigenvalue weighted by Crippen LogP contribution is 2.29. The minimum absolute atomic E-state index is 0.105. The van der Waals surface area contributed by atoms with E-state index in [1.54, 1.807) is 6.07 Å². The molecule has 0 bridgehead atoms. The normalized spacial score (nSPS) is 10.0. The van der Waals surface area contributed by atoms with Gasteiger partial charge in [0.1, 0.15) is 5.75 Å². The van der Waals surface area contributed by atoms with Gasteiger partial charge in [-0.25, -0.2) is 4.79 Å². The SMILES string of the molecule is COc1cc([N+](=O)[O-])ccc1NC(=S)Nc1cc(C(=O)O)ccc1C. The highest BCUT2D eigenvalue weighted by Gasteiger charge is 2.13. The van der Waals surface area contributed by atoms with Crippen LogP contribution in [0, 0.1) is 17.0 Å². The second kappa shape index (κ2) is 7.58. The first-order valence-electron chi connectivity index (χ1n) is 7.06. The molecule has 0 unspecified atom stereocenters. The number of rotatable bonds is 5. The first-order valence-corrected chi connectivity index (χ1v) is 7.47. The molecule has 3 N–H and O–H groups in total. The van der Waals surface area contributed by atoms with Gasteiger partial charge in [-0.3, -0.25) is 10.1 Å². The number of aryl methyl sites for hydroxylation is 1. The maximum absolute atomic E-state index is 11.1. The first-order chi connectivity index (χ1) is 11.8. The van der Waals surface area contributed by atoms with Gasteiger partial charge in [0.15, 0.2) is 5.11 Å². The number of hydrogen-bond donors (Lipinski definition) is 3. The minimum atomic E-state index is -1.04. The van der Waals surface area contributed by atoms with Gasteiger partial charge in [0.2, 0.25) is 0 Å². The highest BCUT2D eigenvalue weighted by atomic mass is 32.1. The van der Waals surface area contributed by atoms with Crippen LogP contribution in [0.2, 0.25) is 0 Å². The third-order valence-corrected chi connectivity index (χ3v) is 3.58. The number of nitrogens with zero attached hydrogens (tertiary/aromatic N) is 1. The van der Waals surface area contributed by atoms with E-state index in [2.05, 4.69) is 10.6 Å². The molecule has 0 aliphatic rings. The summed E-state index contributed by atoms with van der Waals surface area (Å²) in [6.45, 7) is 1.81. The summed E-state index contributed by atoms with van der Waals surface area (Å²) >= 11 is 5.22. The van der Waals surface area contributed by atoms with E-state index in [1.165, 1.54) is 37.4 Å². The Hall–Kier alpha value is -3.20. The number of anilines is 2. The molecular formula is C16H15N3O5S. The lowest BCUT2D eigenvalue weighted by molar-refractivity contribution is -0.384. The summed E-state index contributed by atoms with van der Waals surface area (Å²) in [5, 5.41) is 25.9. The maximum Gasteiger partial charge on any atom is 0.335 e. The van der Waals surface area contributed by atoms with Crippen molar-refractivity contribution in [1.29, 1.82) is 0 Å². The molecule has 0 saturated carbocycles. The zero-order valence-corrected chi connectivity index (χ0v) is 14.2. The number of aromatic carboxylic acids is 1. The van der Waals surface area contributed by atoms with Crippen molar-refractivity contribution < 1.29 is 19.6 Å². The molecule has 0 radical (unpaired) electrons. The number of thiocarbonyl (C=S) groups is 1. The van der Waals surface area contributed by atoms with Gasteiger partial charge < -0.3 is 20.5 Å². The van der Waals surface area contributed by atoms with E-state index >= 15 is 0 Å². The summed E-state index contributed by atoms with van der Waals surface area (Å²) in [4.78, 5) is 21.4. The van der Waals surface area contributed by atoms with Gasteiger partial charge in [0.25, 0.3) is 5.69 Å². The van der Waals surface area contributed by atoms with E-state index in [4.69, 9.17) is 22.1 Å². The van der Waals surface area contributed by atoms with Crippen molar-refractivity contribution in [2.45, 2.75) is 6.92 Å². The second-order valence-electron chi connectivity index (χ2n) is 5.06. The number of methoxy groups -OCH3 is 1. The van der Waals surface area contributed by atoms with Gasteiger partial charge >= 0.3 is 5.97 Å². The number of hydrogen-bond acceptors (Lipinski definition) is 5. The van der Waals surface area contributed by atoms with Crippen molar-refractivity contribution in [2.24, 2.45) is 0 Å². The van der Waals surface area contributed by atoms with Crippen molar-refractivity contribution in [1.82, 2.24) is 0 Å². The van der Waals surface area contributed by atoms with Crippen LogP contribution in [-0.4, -0.2) is 28.2 Å². The van der Waals surface area contributed by atoms with Crippen LogP contribution in [-0.2, 0) is 0 Å². The average molecular weight is 361 g/mol. The number of carbonyl (C=O) groups is 1. The number of carboxylic acids is 1. The fraction of sp³-hybridized carbons (Fsp3) is 0.125. The van der Waals surface area contributed by atoms with Crippen LogP contribution in [0.4, 0.5) is 17.1 Å². The van der Waals surface area contributed by atoms with Crippen LogP contribution in [0.1, 0.15) is 15.9 Å². The third-order valence-electron chi connectivity index (χ3n) is 3.38. The summed E-state index contributed by atoms with van der Waals surface area (Å²) in [7, 11) is 1.39. The second-order valence-corrected chi connectivity index (χ2v) is 5.46. The van der Waals surface area contributed by atoms with E-state index in [9.17, 15) is 14.9 Å². The molecule has 0 aliphatic carbocycles. The molecule has 2 aromatic rings. The quantitative estimate of drug-likeness (QED) is 0.422. The predicted molar refractivity (Wildman–Crippen MR) is 97.6 cm³/mol. The number of carboxylic acid groups (broad SMARTS) is 1. The summed E-state index contributed by atoms with van der Waals surface area (Å²) < 4.78 is 5.13. The van der Waals surface area contributed by atoms with Gasteiger partial charge in [0.05, 0.1) is 29.4 Å². The predicted octanol–water partition coefficient (Wildman–Crippen LogP) is 3.42. The van der Waals surface area contributed by atoms with Crippen molar-refractivity contribution in [2.75, 3.05) is 17.7 Å². The summed E-state index contributed by atoms with van der Waals surface area (Å²) in [6, 6.07) is 8.72.